The van der Waals surface area contributed by atoms with E-state index in [0.717, 1.165) is 4.47 Å². The van der Waals surface area contributed by atoms with Crippen molar-refractivity contribution < 1.29 is 14.7 Å². The summed E-state index contributed by atoms with van der Waals surface area (Å²) in [5.41, 5.74) is 5.97. The zero-order chi connectivity index (χ0) is 13.8. The highest BCUT2D eigenvalue weighted by Gasteiger charge is 2.27. The van der Waals surface area contributed by atoms with E-state index in [0.29, 0.717) is 18.7 Å². The minimum absolute atomic E-state index is 0.0372. The maximum absolute atomic E-state index is 12.3. The normalized spacial score (nSPS) is 20.4. The summed E-state index contributed by atoms with van der Waals surface area (Å²) in [5.74, 6) is -0.197. The van der Waals surface area contributed by atoms with Gasteiger partial charge >= 0.3 is 0 Å². The van der Waals surface area contributed by atoms with E-state index < -0.39 is 6.10 Å². The number of aromatic nitrogens is 1. The fourth-order valence-electron chi connectivity index (χ4n) is 1.79. The molecule has 1 fully saturated rings. The van der Waals surface area contributed by atoms with Crippen LogP contribution in [-0.4, -0.2) is 52.6 Å². The van der Waals surface area contributed by atoms with Crippen LogP contribution in [0.4, 0.5) is 0 Å². The molecule has 0 aliphatic carbocycles. The minimum Gasteiger partial charge on any atom is -0.409 e. The van der Waals surface area contributed by atoms with Crippen molar-refractivity contribution in [2.45, 2.75) is 6.10 Å². The molecule has 19 heavy (non-hydrogen) atoms. The largest absolute Gasteiger partial charge is 0.409 e. The number of morpholine rings is 1. The molecule has 1 aromatic rings. The fraction of sp³-hybridized carbons (Fsp3) is 0.364. The van der Waals surface area contributed by atoms with Gasteiger partial charge in [0, 0.05) is 23.4 Å². The van der Waals surface area contributed by atoms with Crippen LogP contribution in [0.3, 0.4) is 0 Å². The van der Waals surface area contributed by atoms with Crippen LogP contribution >= 0.6 is 15.9 Å². The van der Waals surface area contributed by atoms with Crippen molar-refractivity contribution in [3.05, 3.63) is 28.5 Å². The Kier molecular flexibility index (Phi) is 4.33. The molecular weight excluding hydrogens is 316 g/mol. The number of hydrogen-bond donors (Lipinski definition) is 2. The Morgan fingerprint density at radius 1 is 1.63 bits per heavy atom. The molecule has 0 radical (unpaired) electrons. The van der Waals surface area contributed by atoms with E-state index in [1.807, 2.05) is 0 Å². The van der Waals surface area contributed by atoms with Crippen LogP contribution in [0.2, 0.25) is 0 Å². The number of amidine groups is 1. The number of nitrogens with two attached hydrogens (primary N) is 1. The standard InChI is InChI=1S/C11H13BrN4O3/c12-8-3-7(4-14-5-8)11(17)16-1-2-19-9(6-16)10(13)15-18/h3-5,9,18H,1-2,6H2,(H2,13,15). The molecule has 3 N–H and O–H groups in total. The predicted molar refractivity (Wildman–Crippen MR) is 71.0 cm³/mol. The highest BCUT2D eigenvalue weighted by atomic mass is 79.9. The number of carbonyl (C=O) groups excluding carboxylic acids is 1. The Hall–Kier alpha value is -1.67. The van der Waals surface area contributed by atoms with Gasteiger partial charge in [0.15, 0.2) is 5.84 Å². The lowest BCUT2D eigenvalue weighted by Crippen LogP contribution is -2.50. The number of carbonyl (C=O) groups is 1. The third-order valence-electron chi connectivity index (χ3n) is 2.75. The third kappa shape index (κ3) is 3.21. The zero-order valence-corrected chi connectivity index (χ0v) is 11.6. The Labute approximate surface area is 118 Å². The molecule has 1 aliphatic rings. The molecule has 0 bridgehead atoms. The maximum Gasteiger partial charge on any atom is 0.255 e. The first-order chi connectivity index (χ1) is 9.11. The van der Waals surface area contributed by atoms with Crippen molar-refractivity contribution in [3.63, 3.8) is 0 Å². The van der Waals surface area contributed by atoms with Gasteiger partial charge in [-0.15, -0.1) is 0 Å². The van der Waals surface area contributed by atoms with E-state index in [-0.39, 0.29) is 18.3 Å². The summed E-state index contributed by atoms with van der Waals surface area (Å²) in [7, 11) is 0. The fourth-order valence-corrected chi connectivity index (χ4v) is 2.15. The van der Waals surface area contributed by atoms with Gasteiger partial charge < -0.3 is 20.6 Å². The van der Waals surface area contributed by atoms with Gasteiger partial charge in [0.2, 0.25) is 0 Å². The average Bonchev–Trinajstić information content (AvgIpc) is 2.45. The van der Waals surface area contributed by atoms with Gasteiger partial charge in [0.1, 0.15) is 6.10 Å². The first kappa shape index (κ1) is 13.8. The molecule has 7 nitrogen and oxygen atoms in total. The Bertz CT molecular complexity index is 508. The predicted octanol–water partition coefficient (Wildman–Crippen LogP) is 0.432. The Balaban J connectivity index is 2.11. The SMILES string of the molecule is NC(=NO)C1CN(C(=O)c2cncc(Br)c2)CCO1. The number of rotatable bonds is 2. The van der Waals surface area contributed by atoms with Crippen LogP contribution in [-0.2, 0) is 4.74 Å². The number of amides is 1. The minimum atomic E-state index is -0.581. The molecule has 8 heteroatoms. The Morgan fingerprint density at radius 2 is 2.42 bits per heavy atom. The zero-order valence-electron chi connectivity index (χ0n) is 9.99. The lowest BCUT2D eigenvalue weighted by atomic mass is 10.2. The second-order valence-corrected chi connectivity index (χ2v) is 4.94. The highest BCUT2D eigenvalue weighted by Crippen LogP contribution is 2.14. The van der Waals surface area contributed by atoms with Crippen LogP contribution in [0.15, 0.2) is 28.1 Å². The van der Waals surface area contributed by atoms with E-state index in [2.05, 4.69) is 26.1 Å². The van der Waals surface area contributed by atoms with Crippen LogP contribution in [0.25, 0.3) is 0 Å². The lowest BCUT2D eigenvalue weighted by Gasteiger charge is -2.32. The number of pyridine rings is 1. The molecule has 0 saturated carbocycles. The molecule has 102 valence electrons. The molecule has 1 atom stereocenters. The molecule has 1 unspecified atom stereocenters. The van der Waals surface area contributed by atoms with Crippen LogP contribution < -0.4 is 5.73 Å². The van der Waals surface area contributed by atoms with Crippen molar-refractivity contribution in [1.29, 1.82) is 0 Å². The first-order valence-corrected chi connectivity index (χ1v) is 6.40. The van der Waals surface area contributed by atoms with Crippen LogP contribution in [0.1, 0.15) is 10.4 Å². The monoisotopic (exact) mass is 328 g/mol. The molecule has 1 aromatic heterocycles. The molecule has 0 spiro atoms. The first-order valence-electron chi connectivity index (χ1n) is 5.60. The smallest absolute Gasteiger partial charge is 0.255 e. The summed E-state index contributed by atoms with van der Waals surface area (Å²) in [5, 5.41) is 11.5. The van der Waals surface area contributed by atoms with Gasteiger partial charge in [-0.3, -0.25) is 9.78 Å². The summed E-state index contributed by atoms with van der Waals surface area (Å²) >= 11 is 3.27. The summed E-state index contributed by atoms with van der Waals surface area (Å²) in [6.07, 6.45) is 2.53. The van der Waals surface area contributed by atoms with E-state index in [9.17, 15) is 4.79 Å². The molecule has 2 rings (SSSR count). The topological polar surface area (TPSA) is 101 Å². The summed E-state index contributed by atoms with van der Waals surface area (Å²) in [4.78, 5) is 17.8. The van der Waals surface area contributed by atoms with Crippen molar-refractivity contribution >= 4 is 27.7 Å². The average molecular weight is 329 g/mol. The van der Waals surface area contributed by atoms with Crippen molar-refractivity contribution in [2.24, 2.45) is 10.9 Å². The van der Waals surface area contributed by atoms with E-state index in [1.54, 1.807) is 17.2 Å². The summed E-state index contributed by atoms with van der Waals surface area (Å²) < 4.78 is 6.07. The van der Waals surface area contributed by atoms with Gasteiger partial charge in [0.05, 0.1) is 18.7 Å². The maximum atomic E-state index is 12.3. The summed E-state index contributed by atoms with van der Waals surface area (Å²) in [6.45, 7) is 1.05. The lowest BCUT2D eigenvalue weighted by molar-refractivity contribution is 0.00673. The summed E-state index contributed by atoms with van der Waals surface area (Å²) in [6, 6.07) is 1.70. The van der Waals surface area contributed by atoms with Gasteiger partial charge in [0.25, 0.3) is 5.91 Å². The molecule has 2 heterocycles. The molecule has 1 aliphatic heterocycles. The molecule has 1 saturated heterocycles. The number of oxime groups is 1. The second kappa shape index (κ2) is 5.98. The van der Waals surface area contributed by atoms with Crippen LogP contribution in [0, 0.1) is 0 Å². The second-order valence-electron chi connectivity index (χ2n) is 4.03. The van der Waals surface area contributed by atoms with Gasteiger partial charge in [-0.1, -0.05) is 5.16 Å². The number of nitrogens with zero attached hydrogens (tertiary/aromatic N) is 3. The van der Waals surface area contributed by atoms with Crippen LogP contribution in [0.5, 0.6) is 0 Å². The van der Waals surface area contributed by atoms with Gasteiger partial charge in [-0.2, -0.15) is 0 Å². The quantitative estimate of drug-likeness (QED) is 0.355. The van der Waals surface area contributed by atoms with Crippen molar-refractivity contribution in [2.75, 3.05) is 19.7 Å². The number of ether oxygens (including phenoxy) is 1. The molecular formula is C11H13BrN4O3. The molecule has 1 amide bonds. The highest BCUT2D eigenvalue weighted by molar-refractivity contribution is 9.10. The number of halogens is 1. The van der Waals surface area contributed by atoms with E-state index in [1.165, 1.54) is 6.20 Å². The Morgan fingerprint density at radius 3 is 3.11 bits per heavy atom. The molecule has 0 aromatic carbocycles. The van der Waals surface area contributed by atoms with E-state index in [4.69, 9.17) is 15.7 Å². The van der Waals surface area contributed by atoms with Gasteiger partial charge in [-0.05, 0) is 22.0 Å². The van der Waals surface area contributed by atoms with E-state index >= 15 is 0 Å². The van der Waals surface area contributed by atoms with Gasteiger partial charge in [-0.25, -0.2) is 0 Å². The third-order valence-corrected chi connectivity index (χ3v) is 3.18. The number of hydrogen-bond acceptors (Lipinski definition) is 5. The van der Waals surface area contributed by atoms with Crippen molar-refractivity contribution in [3.8, 4) is 0 Å². The van der Waals surface area contributed by atoms with Crippen molar-refractivity contribution in [1.82, 2.24) is 9.88 Å².